The maximum atomic E-state index is 11.9. The van der Waals surface area contributed by atoms with Gasteiger partial charge in [-0.25, -0.2) is 9.78 Å². The van der Waals surface area contributed by atoms with Gasteiger partial charge in [0.1, 0.15) is 16.3 Å². The van der Waals surface area contributed by atoms with Gasteiger partial charge in [-0.3, -0.25) is 9.59 Å². The van der Waals surface area contributed by atoms with Gasteiger partial charge in [-0.15, -0.1) is 0 Å². The molecule has 1 aromatic heterocycles. The molecule has 8 heteroatoms. The van der Waals surface area contributed by atoms with Gasteiger partial charge in [-0.2, -0.15) is 0 Å². The van der Waals surface area contributed by atoms with E-state index in [-0.39, 0.29) is 25.1 Å². The molecule has 0 aromatic carbocycles. The summed E-state index contributed by atoms with van der Waals surface area (Å²) in [4.78, 5) is 38.2. The lowest BCUT2D eigenvalue weighted by Crippen LogP contribution is -2.41. The van der Waals surface area contributed by atoms with Crippen molar-refractivity contribution in [1.29, 1.82) is 0 Å². The number of carbonyl (C=O) groups is 3. The minimum atomic E-state index is -1.22. The van der Waals surface area contributed by atoms with Gasteiger partial charge in [0.25, 0.3) is 5.91 Å². The number of hydrogen-bond donors (Lipinski definition) is 2. The summed E-state index contributed by atoms with van der Waals surface area (Å²) in [5.41, 5.74) is 0.0896. The predicted molar refractivity (Wildman–Crippen MR) is 76.7 cm³/mol. The minimum Gasteiger partial charge on any atom is -0.480 e. The molecule has 1 amide bonds. The van der Waals surface area contributed by atoms with Crippen LogP contribution in [0.4, 0.5) is 0 Å². The maximum absolute atomic E-state index is 11.9. The van der Waals surface area contributed by atoms with Crippen molar-refractivity contribution in [3.8, 4) is 0 Å². The van der Waals surface area contributed by atoms with E-state index in [0.29, 0.717) is 4.60 Å². The van der Waals surface area contributed by atoms with Crippen LogP contribution in [-0.2, 0) is 14.3 Å². The Labute approximate surface area is 129 Å². The van der Waals surface area contributed by atoms with Crippen LogP contribution >= 0.6 is 15.9 Å². The monoisotopic (exact) mass is 358 g/mol. The molecule has 2 N–H and O–H groups in total. The third-order valence-electron chi connectivity index (χ3n) is 2.49. The number of pyridine rings is 1. The number of ether oxygens (including phenoxy) is 1. The molecule has 0 aliphatic heterocycles. The molecule has 7 nitrogen and oxygen atoms in total. The number of esters is 1. The fourth-order valence-electron chi connectivity index (χ4n) is 1.52. The zero-order valence-corrected chi connectivity index (χ0v) is 12.9. The van der Waals surface area contributed by atoms with Crippen LogP contribution in [-0.4, -0.2) is 40.6 Å². The Bertz CT molecular complexity index is 535. The lowest BCUT2D eigenvalue weighted by Gasteiger charge is -2.13. The van der Waals surface area contributed by atoms with Crippen LogP contribution in [0.1, 0.15) is 30.3 Å². The lowest BCUT2D eigenvalue weighted by molar-refractivity contribution is -0.144. The molecular weight excluding hydrogens is 344 g/mol. The highest BCUT2D eigenvalue weighted by Gasteiger charge is 2.22. The predicted octanol–water partition coefficient (Wildman–Crippen LogP) is 1.37. The summed E-state index contributed by atoms with van der Waals surface area (Å²) in [5.74, 6) is -2.34. The van der Waals surface area contributed by atoms with E-state index >= 15 is 0 Å². The average molecular weight is 359 g/mol. The van der Waals surface area contributed by atoms with E-state index in [4.69, 9.17) is 9.84 Å². The van der Waals surface area contributed by atoms with E-state index in [1.165, 1.54) is 6.07 Å². The van der Waals surface area contributed by atoms with Gasteiger partial charge in [-0.05, 0) is 41.4 Å². The molecule has 0 aliphatic carbocycles. The molecule has 1 rings (SSSR count). The van der Waals surface area contributed by atoms with Crippen molar-refractivity contribution in [1.82, 2.24) is 10.3 Å². The van der Waals surface area contributed by atoms with Crippen LogP contribution in [0, 0.1) is 0 Å². The topological polar surface area (TPSA) is 106 Å². The molecule has 0 saturated carbocycles. The third-order valence-corrected chi connectivity index (χ3v) is 2.94. The Kier molecular flexibility index (Phi) is 6.80. The molecule has 1 heterocycles. The first-order valence-corrected chi connectivity index (χ1v) is 7.05. The van der Waals surface area contributed by atoms with Gasteiger partial charge in [0, 0.05) is 6.42 Å². The first-order chi connectivity index (χ1) is 9.93. The average Bonchev–Trinajstić information content (AvgIpc) is 2.43. The van der Waals surface area contributed by atoms with E-state index in [1.807, 2.05) is 0 Å². The van der Waals surface area contributed by atoms with Crippen molar-refractivity contribution in [2.24, 2.45) is 0 Å². The second-order valence-corrected chi connectivity index (χ2v) is 4.87. The Morgan fingerprint density at radius 3 is 2.71 bits per heavy atom. The summed E-state index contributed by atoms with van der Waals surface area (Å²) >= 11 is 3.12. The fraction of sp³-hybridized carbons (Fsp3) is 0.385. The van der Waals surface area contributed by atoms with E-state index in [1.54, 1.807) is 19.1 Å². The number of aliphatic carboxylic acids is 1. The van der Waals surface area contributed by atoms with Crippen LogP contribution in [0.5, 0.6) is 0 Å². The molecule has 114 valence electrons. The zero-order valence-electron chi connectivity index (χ0n) is 11.3. The number of halogens is 1. The van der Waals surface area contributed by atoms with Gasteiger partial charge < -0.3 is 15.2 Å². The van der Waals surface area contributed by atoms with E-state index in [2.05, 4.69) is 26.2 Å². The highest BCUT2D eigenvalue weighted by molar-refractivity contribution is 9.10. The fourth-order valence-corrected chi connectivity index (χ4v) is 1.86. The largest absolute Gasteiger partial charge is 0.480 e. The minimum absolute atomic E-state index is 0.0477. The standard InChI is InChI=1S/C13H15BrN2O5/c1-2-21-11(17)7-6-9(13(19)20)16-12(18)8-4-3-5-10(14)15-8/h3-5,9H,2,6-7H2,1H3,(H,16,18)(H,19,20)/t9-/m0/s1. The van der Waals surface area contributed by atoms with Crippen LogP contribution in [0.3, 0.4) is 0 Å². The van der Waals surface area contributed by atoms with Gasteiger partial charge in [-0.1, -0.05) is 6.07 Å². The smallest absolute Gasteiger partial charge is 0.326 e. The lowest BCUT2D eigenvalue weighted by atomic mass is 10.1. The Balaban J connectivity index is 2.64. The number of nitrogens with one attached hydrogen (secondary N) is 1. The van der Waals surface area contributed by atoms with Crippen molar-refractivity contribution in [3.63, 3.8) is 0 Å². The summed E-state index contributed by atoms with van der Waals surface area (Å²) in [7, 11) is 0. The number of nitrogens with zero attached hydrogens (tertiary/aromatic N) is 1. The van der Waals surface area contributed by atoms with Crippen LogP contribution in [0.25, 0.3) is 0 Å². The number of aromatic nitrogens is 1. The molecule has 1 aromatic rings. The van der Waals surface area contributed by atoms with Crippen molar-refractivity contribution >= 4 is 33.8 Å². The number of carboxylic acids is 1. The summed E-state index contributed by atoms with van der Waals surface area (Å²) in [6.07, 6.45) is -0.134. The molecule has 0 spiro atoms. The Hall–Kier alpha value is -1.96. The maximum Gasteiger partial charge on any atom is 0.326 e. The quantitative estimate of drug-likeness (QED) is 0.563. The summed E-state index contributed by atoms with van der Waals surface area (Å²) in [6.45, 7) is 1.89. The van der Waals surface area contributed by atoms with Crippen molar-refractivity contribution in [2.45, 2.75) is 25.8 Å². The molecule has 0 bridgehead atoms. The molecule has 21 heavy (non-hydrogen) atoms. The molecule has 0 saturated heterocycles. The first-order valence-electron chi connectivity index (χ1n) is 6.26. The second-order valence-electron chi connectivity index (χ2n) is 4.05. The molecular formula is C13H15BrN2O5. The van der Waals surface area contributed by atoms with Gasteiger partial charge in [0.05, 0.1) is 6.61 Å². The van der Waals surface area contributed by atoms with Crippen LogP contribution < -0.4 is 5.32 Å². The normalized spacial score (nSPS) is 11.5. The number of rotatable bonds is 7. The number of amides is 1. The molecule has 0 unspecified atom stereocenters. The van der Waals surface area contributed by atoms with Crippen molar-refractivity contribution in [2.75, 3.05) is 6.61 Å². The zero-order chi connectivity index (χ0) is 15.8. The molecule has 0 radical (unpaired) electrons. The van der Waals surface area contributed by atoms with Crippen LogP contribution in [0.2, 0.25) is 0 Å². The van der Waals surface area contributed by atoms with Crippen molar-refractivity contribution in [3.05, 3.63) is 28.5 Å². The van der Waals surface area contributed by atoms with E-state index in [9.17, 15) is 14.4 Å². The van der Waals surface area contributed by atoms with E-state index in [0.717, 1.165) is 0 Å². The second kappa shape index (κ2) is 8.35. The number of carboxylic acid groups (broad SMARTS) is 1. The molecule has 0 fully saturated rings. The van der Waals surface area contributed by atoms with Crippen molar-refractivity contribution < 1.29 is 24.2 Å². The molecule has 0 aliphatic rings. The first kappa shape index (κ1) is 17.1. The molecule has 1 atom stereocenters. The number of carbonyl (C=O) groups excluding carboxylic acids is 2. The van der Waals surface area contributed by atoms with Gasteiger partial charge >= 0.3 is 11.9 Å². The SMILES string of the molecule is CCOC(=O)CC[C@H](NC(=O)c1cccc(Br)n1)C(=O)O. The summed E-state index contributed by atoms with van der Waals surface area (Å²) in [5, 5.41) is 11.4. The van der Waals surface area contributed by atoms with E-state index < -0.39 is 23.9 Å². The highest BCUT2D eigenvalue weighted by Crippen LogP contribution is 2.07. The highest BCUT2D eigenvalue weighted by atomic mass is 79.9. The summed E-state index contributed by atoms with van der Waals surface area (Å²) in [6, 6.07) is 3.54. The van der Waals surface area contributed by atoms with Crippen LogP contribution in [0.15, 0.2) is 22.8 Å². The Morgan fingerprint density at radius 2 is 2.14 bits per heavy atom. The third kappa shape index (κ3) is 5.90. The van der Waals surface area contributed by atoms with Gasteiger partial charge in [0.15, 0.2) is 0 Å². The van der Waals surface area contributed by atoms with Gasteiger partial charge in [0.2, 0.25) is 0 Å². The number of hydrogen-bond acceptors (Lipinski definition) is 5. The Morgan fingerprint density at radius 1 is 1.43 bits per heavy atom. The summed E-state index contributed by atoms with van der Waals surface area (Å²) < 4.78 is 5.18.